The molecular weight excluding hydrogens is 304 g/mol. The van der Waals surface area contributed by atoms with Gasteiger partial charge in [-0.1, -0.05) is 30.3 Å². The summed E-state index contributed by atoms with van der Waals surface area (Å²) < 4.78 is 0.611. The maximum Gasteiger partial charge on any atom is 0.198 e. The van der Waals surface area contributed by atoms with Gasteiger partial charge < -0.3 is 10.3 Å². The number of rotatable bonds is 3. The molecule has 5 heteroatoms. The first kappa shape index (κ1) is 14.8. The zero-order valence-electron chi connectivity index (χ0n) is 13.2. The minimum absolute atomic E-state index is 0.584. The molecule has 0 atom stereocenters. The fraction of sp³-hybridized carbons (Fsp3) is 0.444. The molecule has 0 radical (unpaired) electrons. The lowest BCUT2D eigenvalue weighted by atomic mass is 9.90. The van der Waals surface area contributed by atoms with Crippen LogP contribution in [0.15, 0.2) is 30.3 Å². The van der Waals surface area contributed by atoms with Crippen molar-refractivity contribution in [2.24, 2.45) is 0 Å². The van der Waals surface area contributed by atoms with E-state index in [4.69, 9.17) is 12.2 Å². The van der Waals surface area contributed by atoms with E-state index in [1.165, 1.54) is 29.7 Å². The molecule has 23 heavy (non-hydrogen) atoms. The Kier molecular flexibility index (Phi) is 4.14. The van der Waals surface area contributed by atoms with Gasteiger partial charge in [0.2, 0.25) is 0 Å². The largest absolute Gasteiger partial charge is 0.369 e. The fourth-order valence-electron chi connectivity index (χ4n) is 3.79. The molecule has 2 aliphatic heterocycles. The molecule has 0 aliphatic carbocycles. The lowest BCUT2D eigenvalue weighted by molar-refractivity contribution is 0.203. The highest BCUT2D eigenvalue weighted by Gasteiger charge is 2.26. The Balaban J connectivity index is 1.45. The molecular formula is C18H22N4S. The van der Waals surface area contributed by atoms with Crippen LogP contribution in [0.1, 0.15) is 35.6 Å². The molecule has 2 aromatic rings. The van der Waals surface area contributed by atoms with Gasteiger partial charge in [0, 0.05) is 30.3 Å². The van der Waals surface area contributed by atoms with Gasteiger partial charge in [0.15, 0.2) is 4.77 Å². The van der Waals surface area contributed by atoms with E-state index in [2.05, 4.69) is 50.5 Å². The van der Waals surface area contributed by atoms with E-state index in [0.29, 0.717) is 10.7 Å². The average Bonchev–Trinajstić information content (AvgIpc) is 3.04. The topological polar surface area (TPSA) is 44.0 Å². The standard InChI is InChI=1S/C18H22N4S/c23-18-20-16(15-6-9-19-17(15)21-18)14-7-10-22(11-8-14)12-13-4-2-1-3-5-13/h1-5,14H,6-12H2,(H2,19,20,21,23). The van der Waals surface area contributed by atoms with E-state index in [0.717, 1.165) is 38.4 Å². The Morgan fingerprint density at radius 2 is 1.96 bits per heavy atom. The van der Waals surface area contributed by atoms with E-state index >= 15 is 0 Å². The van der Waals surface area contributed by atoms with Gasteiger partial charge in [-0.25, -0.2) is 4.98 Å². The quantitative estimate of drug-likeness (QED) is 0.848. The SMILES string of the molecule is S=c1nc2c(c(C3CCN(Cc4ccccc4)CC3)[nH]1)CCN2. The van der Waals surface area contributed by atoms with Gasteiger partial charge in [0.25, 0.3) is 0 Å². The summed E-state index contributed by atoms with van der Waals surface area (Å²) in [5, 5.41) is 3.35. The van der Waals surface area contributed by atoms with Gasteiger partial charge in [-0.15, -0.1) is 0 Å². The van der Waals surface area contributed by atoms with Crippen LogP contribution in [-0.2, 0) is 13.0 Å². The van der Waals surface area contributed by atoms with Gasteiger partial charge in [0.1, 0.15) is 5.82 Å². The second-order valence-electron chi connectivity index (χ2n) is 6.50. The summed E-state index contributed by atoms with van der Waals surface area (Å²) in [6, 6.07) is 10.7. The number of fused-ring (bicyclic) bond motifs is 1. The second-order valence-corrected chi connectivity index (χ2v) is 6.88. The third kappa shape index (κ3) is 3.16. The minimum atomic E-state index is 0.584. The number of nitrogens with zero attached hydrogens (tertiary/aromatic N) is 2. The van der Waals surface area contributed by atoms with Crippen molar-refractivity contribution in [1.82, 2.24) is 14.9 Å². The zero-order chi connectivity index (χ0) is 15.6. The molecule has 1 aromatic heterocycles. The molecule has 0 spiro atoms. The number of likely N-dealkylation sites (tertiary alicyclic amines) is 1. The van der Waals surface area contributed by atoms with Gasteiger partial charge >= 0.3 is 0 Å². The van der Waals surface area contributed by atoms with E-state index < -0.39 is 0 Å². The Morgan fingerprint density at radius 3 is 2.74 bits per heavy atom. The number of hydrogen-bond acceptors (Lipinski definition) is 4. The van der Waals surface area contributed by atoms with Crippen LogP contribution in [0.5, 0.6) is 0 Å². The molecule has 4 nitrogen and oxygen atoms in total. The smallest absolute Gasteiger partial charge is 0.198 e. The van der Waals surface area contributed by atoms with E-state index in [9.17, 15) is 0 Å². The molecule has 1 fully saturated rings. The maximum absolute atomic E-state index is 5.30. The first-order valence-corrected chi connectivity index (χ1v) is 8.83. The van der Waals surface area contributed by atoms with Crippen LogP contribution in [0.2, 0.25) is 0 Å². The summed E-state index contributed by atoms with van der Waals surface area (Å²) in [5.74, 6) is 1.59. The number of hydrogen-bond donors (Lipinski definition) is 2. The normalized spacial score (nSPS) is 18.6. The van der Waals surface area contributed by atoms with Gasteiger partial charge in [-0.3, -0.25) is 4.90 Å². The van der Waals surface area contributed by atoms with E-state index in [1.54, 1.807) is 0 Å². The second kappa shape index (κ2) is 6.42. The van der Waals surface area contributed by atoms with Crippen LogP contribution in [0.25, 0.3) is 0 Å². The Labute approximate surface area is 142 Å². The molecule has 0 bridgehead atoms. The van der Waals surface area contributed by atoms with Crippen LogP contribution in [-0.4, -0.2) is 34.5 Å². The molecule has 1 saturated heterocycles. The maximum atomic E-state index is 5.30. The van der Waals surface area contributed by atoms with Crippen LogP contribution in [0.3, 0.4) is 0 Å². The van der Waals surface area contributed by atoms with Gasteiger partial charge in [-0.05, 0) is 50.1 Å². The fourth-order valence-corrected chi connectivity index (χ4v) is 3.99. The predicted octanol–water partition coefficient (Wildman–Crippen LogP) is 3.49. The van der Waals surface area contributed by atoms with E-state index in [1.807, 2.05) is 0 Å². The third-order valence-corrected chi connectivity index (χ3v) is 5.17. The molecule has 1 aromatic carbocycles. The molecule has 0 amide bonds. The summed E-state index contributed by atoms with van der Waals surface area (Å²) in [4.78, 5) is 10.4. The van der Waals surface area contributed by atoms with Crippen molar-refractivity contribution in [3.05, 3.63) is 51.9 Å². The monoisotopic (exact) mass is 326 g/mol. The highest BCUT2D eigenvalue weighted by atomic mass is 32.1. The Morgan fingerprint density at radius 1 is 1.17 bits per heavy atom. The van der Waals surface area contributed by atoms with Crippen molar-refractivity contribution in [2.75, 3.05) is 25.0 Å². The molecule has 3 heterocycles. The molecule has 2 aliphatic rings. The number of anilines is 1. The highest BCUT2D eigenvalue weighted by Crippen LogP contribution is 2.33. The number of aromatic nitrogens is 2. The van der Waals surface area contributed by atoms with Gasteiger partial charge in [-0.2, -0.15) is 0 Å². The van der Waals surface area contributed by atoms with Crippen molar-refractivity contribution >= 4 is 18.0 Å². The number of aromatic amines is 1. The molecule has 0 saturated carbocycles. The van der Waals surface area contributed by atoms with Crippen molar-refractivity contribution < 1.29 is 0 Å². The molecule has 0 unspecified atom stereocenters. The summed E-state index contributed by atoms with van der Waals surface area (Å²) in [5.41, 5.74) is 4.10. The summed E-state index contributed by atoms with van der Waals surface area (Å²) in [7, 11) is 0. The predicted molar refractivity (Wildman–Crippen MR) is 95.3 cm³/mol. The van der Waals surface area contributed by atoms with Crippen molar-refractivity contribution in [3.8, 4) is 0 Å². The number of benzene rings is 1. The molecule has 120 valence electrons. The number of nitrogens with one attached hydrogen (secondary N) is 2. The first-order chi connectivity index (χ1) is 11.3. The summed E-state index contributed by atoms with van der Waals surface area (Å²) in [6.07, 6.45) is 3.44. The van der Waals surface area contributed by atoms with Crippen molar-refractivity contribution in [1.29, 1.82) is 0 Å². The van der Waals surface area contributed by atoms with Crippen LogP contribution in [0, 0.1) is 4.77 Å². The lowest BCUT2D eigenvalue weighted by Gasteiger charge is -2.32. The first-order valence-electron chi connectivity index (χ1n) is 8.43. The van der Waals surface area contributed by atoms with Crippen molar-refractivity contribution in [2.45, 2.75) is 31.7 Å². The van der Waals surface area contributed by atoms with Crippen LogP contribution >= 0.6 is 12.2 Å². The highest BCUT2D eigenvalue weighted by molar-refractivity contribution is 7.71. The Hall–Kier alpha value is -1.72. The Bertz CT molecular complexity index is 732. The van der Waals surface area contributed by atoms with Crippen molar-refractivity contribution in [3.63, 3.8) is 0 Å². The van der Waals surface area contributed by atoms with Crippen LogP contribution in [0.4, 0.5) is 5.82 Å². The number of piperidine rings is 1. The lowest BCUT2D eigenvalue weighted by Crippen LogP contribution is -2.33. The van der Waals surface area contributed by atoms with Crippen LogP contribution < -0.4 is 5.32 Å². The minimum Gasteiger partial charge on any atom is -0.369 e. The van der Waals surface area contributed by atoms with Gasteiger partial charge in [0.05, 0.1) is 0 Å². The zero-order valence-corrected chi connectivity index (χ0v) is 14.0. The van der Waals surface area contributed by atoms with E-state index in [-0.39, 0.29) is 0 Å². The summed E-state index contributed by atoms with van der Waals surface area (Å²) >= 11 is 5.30. The molecule has 2 N–H and O–H groups in total. The summed E-state index contributed by atoms with van der Waals surface area (Å²) in [6.45, 7) is 4.32. The molecule has 4 rings (SSSR count). The third-order valence-electron chi connectivity index (χ3n) is 4.98. The number of H-pyrrole nitrogens is 1. The average molecular weight is 326 g/mol.